The van der Waals surface area contributed by atoms with Crippen molar-refractivity contribution >= 4 is 5.97 Å². The van der Waals surface area contributed by atoms with Gasteiger partial charge in [0.2, 0.25) is 0 Å². The van der Waals surface area contributed by atoms with E-state index in [1.807, 2.05) is 0 Å². The molecule has 1 rings (SSSR count). The van der Waals surface area contributed by atoms with Crippen molar-refractivity contribution in [3.8, 4) is 6.07 Å². The van der Waals surface area contributed by atoms with E-state index in [2.05, 4.69) is 9.72 Å². The topological polar surface area (TPSA) is 63.0 Å². The number of nitrogens with zero attached hydrogens (tertiary/aromatic N) is 2. The molecule has 1 aromatic heterocycles. The summed E-state index contributed by atoms with van der Waals surface area (Å²) in [6.07, 6.45) is -3.96. The van der Waals surface area contributed by atoms with Crippen LogP contribution in [0.4, 0.5) is 13.2 Å². The van der Waals surface area contributed by atoms with E-state index in [4.69, 9.17) is 5.26 Å². The van der Waals surface area contributed by atoms with Gasteiger partial charge in [-0.2, -0.15) is 18.4 Å². The summed E-state index contributed by atoms with van der Waals surface area (Å²) in [7, 11) is 0. The molecule has 1 heterocycles. The minimum Gasteiger partial charge on any atom is -0.462 e. The van der Waals surface area contributed by atoms with Gasteiger partial charge in [-0.3, -0.25) is 4.98 Å². The molecule has 0 amide bonds. The Balaban J connectivity index is 3.20. The van der Waals surface area contributed by atoms with E-state index in [1.54, 1.807) is 6.92 Å². The lowest BCUT2D eigenvalue weighted by Crippen LogP contribution is -2.12. The Labute approximate surface area is 94.6 Å². The van der Waals surface area contributed by atoms with Crippen LogP contribution in [0.1, 0.15) is 28.5 Å². The van der Waals surface area contributed by atoms with E-state index in [-0.39, 0.29) is 12.2 Å². The number of rotatable bonds is 2. The van der Waals surface area contributed by atoms with Crippen LogP contribution in [-0.2, 0) is 10.9 Å². The van der Waals surface area contributed by atoms with Gasteiger partial charge < -0.3 is 4.74 Å². The van der Waals surface area contributed by atoms with E-state index in [9.17, 15) is 18.0 Å². The molecule has 17 heavy (non-hydrogen) atoms. The van der Waals surface area contributed by atoms with E-state index in [1.165, 1.54) is 6.07 Å². The van der Waals surface area contributed by atoms with Crippen molar-refractivity contribution < 1.29 is 22.7 Å². The maximum atomic E-state index is 12.3. The summed E-state index contributed by atoms with van der Waals surface area (Å²) in [5, 5.41) is 8.67. The molecule has 1 aromatic rings. The van der Waals surface area contributed by atoms with Crippen LogP contribution < -0.4 is 0 Å². The molecule has 0 aliphatic carbocycles. The number of ether oxygens (including phenoxy) is 1. The highest BCUT2D eigenvalue weighted by Gasteiger charge is 2.33. The predicted molar refractivity (Wildman–Crippen MR) is 49.9 cm³/mol. The Hall–Kier alpha value is -2.10. The number of carbonyl (C=O) groups is 1. The Morgan fingerprint density at radius 3 is 2.71 bits per heavy atom. The average Bonchev–Trinajstić information content (AvgIpc) is 2.27. The molecule has 4 nitrogen and oxygen atoms in total. The predicted octanol–water partition coefficient (Wildman–Crippen LogP) is 2.15. The first-order chi connectivity index (χ1) is 7.90. The molecule has 0 bridgehead atoms. The smallest absolute Gasteiger partial charge is 0.433 e. The van der Waals surface area contributed by atoms with Crippen LogP contribution in [0.3, 0.4) is 0 Å². The van der Waals surface area contributed by atoms with Gasteiger partial charge in [-0.25, -0.2) is 4.79 Å². The van der Waals surface area contributed by atoms with Gasteiger partial charge in [0, 0.05) is 6.20 Å². The quantitative estimate of drug-likeness (QED) is 0.748. The minimum absolute atomic E-state index is 0.0602. The van der Waals surface area contributed by atoms with Gasteiger partial charge in [0.25, 0.3) is 0 Å². The number of aromatic nitrogens is 1. The second-order valence-electron chi connectivity index (χ2n) is 2.95. The molecule has 0 spiro atoms. The van der Waals surface area contributed by atoms with E-state index < -0.39 is 23.4 Å². The second kappa shape index (κ2) is 4.82. The number of hydrogen-bond acceptors (Lipinski definition) is 4. The Morgan fingerprint density at radius 1 is 1.59 bits per heavy atom. The molecule has 0 unspecified atom stereocenters. The third-order valence-electron chi connectivity index (χ3n) is 1.81. The van der Waals surface area contributed by atoms with Crippen LogP contribution in [0.2, 0.25) is 0 Å². The van der Waals surface area contributed by atoms with Crippen LogP contribution in [0.15, 0.2) is 12.3 Å². The zero-order valence-electron chi connectivity index (χ0n) is 8.71. The van der Waals surface area contributed by atoms with Crippen molar-refractivity contribution in [3.63, 3.8) is 0 Å². The molecule has 0 aliphatic rings. The molecule has 0 N–H and O–H groups in total. The van der Waals surface area contributed by atoms with E-state index >= 15 is 0 Å². The van der Waals surface area contributed by atoms with Crippen molar-refractivity contribution in [1.82, 2.24) is 4.98 Å². The molecule has 90 valence electrons. The van der Waals surface area contributed by atoms with Crippen molar-refractivity contribution in [2.75, 3.05) is 6.61 Å². The molecule has 0 aromatic carbocycles. The molecule has 0 aliphatic heterocycles. The zero-order chi connectivity index (χ0) is 13.1. The van der Waals surface area contributed by atoms with E-state index in [0.29, 0.717) is 12.3 Å². The number of alkyl halides is 3. The van der Waals surface area contributed by atoms with Crippen LogP contribution >= 0.6 is 0 Å². The molecule has 0 fully saturated rings. The van der Waals surface area contributed by atoms with Crippen molar-refractivity contribution in [3.05, 3.63) is 29.1 Å². The van der Waals surface area contributed by atoms with Gasteiger partial charge in [-0.1, -0.05) is 0 Å². The third kappa shape index (κ3) is 2.93. The molecule has 7 heteroatoms. The normalized spacial score (nSPS) is 10.8. The Bertz CT molecular complexity index is 477. The molecular formula is C10H7F3N2O2. The second-order valence-corrected chi connectivity index (χ2v) is 2.95. The third-order valence-corrected chi connectivity index (χ3v) is 1.81. The SMILES string of the molecule is CCOC(=O)c1cnc(C(F)(F)F)cc1C#N. The molecule has 0 saturated carbocycles. The summed E-state index contributed by atoms with van der Waals surface area (Å²) < 4.78 is 41.5. The van der Waals surface area contributed by atoms with Gasteiger partial charge in [-0.15, -0.1) is 0 Å². The number of hydrogen-bond donors (Lipinski definition) is 0. The number of halogens is 3. The summed E-state index contributed by atoms with van der Waals surface area (Å²) in [4.78, 5) is 14.4. The van der Waals surface area contributed by atoms with Crippen molar-refractivity contribution in [2.24, 2.45) is 0 Å². The summed E-state index contributed by atoms with van der Waals surface area (Å²) >= 11 is 0. The summed E-state index contributed by atoms with van der Waals surface area (Å²) in [6, 6.07) is 2.03. The van der Waals surface area contributed by atoms with Crippen LogP contribution in [0.5, 0.6) is 0 Å². The summed E-state index contributed by atoms with van der Waals surface area (Å²) in [6.45, 7) is 1.60. The largest absolute Gasteiger partial charge is 0.462 e. The molecular weight excluding hydrogens is 237 g/mol. The Kier molecular flexibility index (Phi) is 3.68. The molecule has 0 atom stereocenters. The number of pyridine rings is 1. The molecule has 0 saturated heterocycles. The van der Waals surface area contributed by atoms with Crippen LogP contribution in [-0.4, -0.2) is 17.6 Å². The lowest BCUT2D eigenvalue weighted by atomic mass is 10.1. The van der Waals surface area contributed by atoms with Gasteiger partial charge >= 0.3 is 12.1 Å². The summed E-state index contributed by atoms with van der Waals surface area (Å²) in [5.74, 6) is -0.870. The zero-order valence-corrected chi connectivity index (χ0v) is 8.71. The van der Waals surface area contributed by atoms with Crippen molar-refractivity contribution in [2.45, 2.75) is 13.1 Å². The van der Waals surface area contributed by atoms with Gasteiger partial charge in [0.15, 0.2) is 0 Å². The van der Waals surface area contributed by atoms with Gasteiger partial charge in [0.05, 0.1) is 17.7 Å². The lowest BCUT2D eigenvalue weighted by molar-refractivity contribution is -0.141. The molecule has 0 radical (unpaired) electrons. The highest BCUT2D eigenvalue weighted by atomic mass is 19.4. The monoisotopic (exact) mass is 244 g/mol. The fourth-order valence-corrected chi connectivity index (χ4v) is 1.07. The maximum absolute atomic E-state index is 12.3. The van der Waals surface area contributed by atoms with Gasteiger partial charge in [-0.05, 0) is 13.0 Å². The van der Waals surface area contributed by atoms with Gasteiger partial charge in [0.1, 0.15) is 11.8 Å². The first-order valence-corrected chi connectivity index (χ1v) is 4.54. The highest BCUT2D eigenvalue weighted by Crippen LogP contribution is 2.28. The van der Waals surface area contributed by atoms with Crippen molar-refractivity contribution in [1.29, 1.82) is 5.26 Å². The summed E-state index contributed by atoms with van der Waals surface area (Å²) in [5.41, 5.74) is -1.91. The number of esters is 1. The number of carbonyl (C=O) groups excluding carboxylic acids is 1. The van der Waals surface area contributed by atoms with E-state index in [0.717, 1.165) is 0 Å². The lowest BCUT2D eigenvalue weighted by Gasteiger charge is -2.08. The fourth-order valence-electron chi connectivity index (χ4n) is 1.07. The van der Waals surface area contributed by atoms with Crippen LogP contribution in [0.25, 0.3) is 0 Å². The maximum Gasteiger partial charge on any atom is 0.433 e. The fraction of sp³-hybridized carbons (Fsp3) is 0.300. The minimum atomic E-state index is -4.65. The first-order valence-electron chi connectivity index (χ1n) is 4.54. The van der Waals surface area contributed by atoms with Crippen LogP contribution in [0, 0.1) is 11.3 Å². The Morgan fingerprint density at radius 2 is 2.24 bits per heavy atom. The average molecular weight is 244 g/mol. The number of nitriles is 1. The first kappa shape index (κ1) is 13.0. The highest BCUT2D eigenvalue weighted by molar-refractivity contribution is 5.91. The standard InChI is InChI=1S/C10H7F3N2O2/c1-2-17-9(16)7-5-15-8(10(11,12)13)3-6(7)4-14/h3,5H,2H2,1H3.